The molecule has 2 atom stereocenters. The highest BCUT2D eigenvalue weighted by Crippen LogP contribution is 2.27. The number of nitrogens with zero attached hydrogens (tertiary/aromatic N) is 3. The molecular weight excluding hydrogens is 497 g/mol. The molecule has 1 saturated heterocycles. The number of piperazine rings is 1. The SMILES string of the molecule is Cc1ccc([C@H](CN2CCN(C(=O)OC(C)(C)C)[C@H](C)C2)Oc2ccc(S(=O)(=O)N(C)C)cc2)cc1F. The van der Waals surface area contributed by atoms with Crippen LogP contribution in [0.3, 0.4) is 0 Å². The van der Waals surface area contributed by atoms with Crippen molar-refractivity contribution in [2.24, 2.45) is 0 Å². The highest BCUT2D eigenvalue weighted by atomic mass is 32.2. The van der Waals surface area contributed by atoms with Crippen molar-refractivity contribution in [1.29, 1.82) is 0 Å². The summed E-state index contributed by atoms with van der Waals surface area (Å²) >= 11 is 0. The van der Waals surface area contributed by atoms with Crippen molar-refractivity contribution < 1.29 is 27.1 Å². The van der Waals surface area contributed by atoms with Crippen LogP contribution in [-0.2, 0) is 14.8 Å². The minimum absolute atomic E-state index is 0.0745. The quantitative estimate of drug-likeness (QED) is 0.522. The highest BCUT2D eigenvalue weighted by molar-refractivity contribution is 7.89. The molecule has 0 bridgehead atoms. The van der Waals surface area contributed by atoms with Gasteiger partial charge in [-0.2, -0.15) is 0 Å². The number of sulfonamides is 1. The fraction of sp³-hybridized carbons (Fsp3) is 0.519. The van der Waals surface area contributed by atoms with E-state index in [9.17, 15) is 17.6 Å². The van der Waals surface area contributed by atoms with Crippen LogP contribution in [0.15, 0.2) is 47.4 Å². The van der Waals surface area contributed by atoms with E-state index in [1.54, 1.807) is 30.0 Å². The number of amides is 1. The molecule has 0 saturated carbocycles. The average molecular weight is 536 g/mol. The molecule has 37 heavy (non-hydrogen) atoms. The minimum atomic E-state index is -3.56. The average Bonchev–Trinajstić information content (AvgIpc) is 2.79. The molecule has 8 nitrogen and oxygen atoms in total. The molecule has 0 unspecified atom stereocenters. The van der Waals surface area contributed by atoms with Crippen LogP contribution in [0.25, 0.3) is 0 Å². The van der Waals surface area contributed by atoms with Crippen LogP contribution in [0.1, 0.15) is 44.9 Å². The predicted octanol–water partition coefficient (Wildman–Crippen LogP) is 4.45. The third kappa shape index (κ3) is 7.43. The van der Waals surface area contributed by atoms with E-state index in [1.165, 1.54) is 32.3 Å². The van der Waals surface area contributed by atoms with Gasteiger partial charge in [-0.1, -0.05) is 12.1 Å². The molecule has 0 radical (unpaired) electrons. The van der Waals surface area contributed by atoms with E-state index in [0.717, 1.165) is 4.31 Å². The molecule has 0 aromatic heterocycles. The number of aryl methyl sites for hydroxylation is 1. The molecule has 0 spiro atoms. The second kappa shape index (κ2) is 11.4. The lowest BCUT2D eigenvalue weighted by atomic mass is 10.0. The zero-order valence-electron chi connectivity index (χ0n) is 22.7. The maximum atomic E-state index is 14.5. The first-order chi connectivity index (χ1) is 17.2. The minimum Gasteiger partial charge on any atom is -0.484 e. The first-order valence-corrected chi connectivity index (χ1v) is 13.8. The van der Waals surface area contributed by atoms with E-state index in [0.29, 0.717) is 43.1 Å². The standard InChI is InChI=1S/C27H38FN3O5S/c1-19-8-9-21(16-24(19)28)25(35-22-10-12-23(13-11-22)37(33,34)29(6)7)18-30-14-15-31(20(2)17-30)26(32)36-27(3,4)5/h8-13,16,20,25H,14-15,17-18H2,1-7H3/t20-,25+/m1/s1. The Balaban J connectivity index is 1.78. The molecule has 0 aliphatic carbocycles. The molecule has 204 valence electrons. The molecule has 2 aromatic rings. The Morgan fingerprint density at radius 2 is 1.78 bits per heavy atom. The molecule has 3 rings (SSSR count). The maximum absolute atomic E-state index is 14.5. The Hall–Kier alpha value is -2.69. The highest BCUT2D eigenvalue weighted by Gasteiger charge is 2.32. The summed E-state index contributed by atoms with van der Waals surface area (Å²) in [6, 6.07) is 11.2. The van der Waals surface area contributed by atoms with E-state index in [-0.39, 0.29) is 22.8 Å². The van der Waals surface area contributed by atoms with Gasteiger partial charge >= 0.3 is 6.09 Å². The van der Waals surface area contributed by atoms with Gasteiger partial charge in [0.1, 0.15) is 23.3 Å². The number of halogens is 1. The van der Waals surface area contributed by atoms with E-state index >= 15 is 0 Å². The van der Waals surface area contributed by atoms with Gasteiger partial charge < -0.3 is 14.4 Å². The zero-order chi connectivity index (χ0) is 27.5. The van der Waals surface area contributed by atoms with Crippen LogP contribution < -0.4 is 4.74 Å². The second-order valence-corrected chi connectivity index (χ2v) is 12.8. The van der Waals surface area contributed by atoms with Crippen LogP contribution >= 0.6 is 0 Å². The lowest BCUT2D eigenvalue weighted by molar-refractivity contribution is -0.00299. The van der Waals surface area contributed by atoms with Gasteiger partial charge in [0.05, 0.1) is 4.90 Å². The van der Waals surface area contributed by atoms with Gasteiger partial charge in [0, 0.05) is 46.3 Å². The van der Waals surface area contributed by atoms with Crippen molar-refractivity contribution in [2.75, 3.05) is 40.3 Å². The zero-order valence-corrected chi connectivity index (χ0v) is 23.5. The van der Waals surface area contributed by atoms with Crippen LogP contribution in [0.5, 0.6) is 5.75 Å². The van der Waals surface area contributed by atoms with Gasteiger partial charge in [-0.25, -0.2) is 21.9 Å². The van der Waals surface area contributed by atoms with Gasteiger partial charge in [0.25, 0.3) is 0 Å². The normalized spacial score (nSPS) is 18.1. The lowest BCUT2D eigenvalue weighted by Gasteiger charge is -2.41. The smallest absolute Gasteiger partial charge is 0.410 e. The van der Waals surface area contributed by atoms with Crippen LogP contribution in [0.2, 0.25) is 0 Å². The van der Waals surface area contributed by atoms with Gasteiger partial charge in [-0.05, 0) is 76.1 Å². The number of hydrogen-bond acceptors (Lipinski definition) is 6. The van der Waals surface area contributed by atoms with Crippen molar-refractivity contribution in [3.05, 3.63) is 59.4 Å². The van der Waals surface area contributed by atoms with Crippen molar-refractivity contribution in [3.8, 4) is 5.75 Å². The molecule has 10 heteroatoms. The van der Waals surface area contributed by atoms with Crippen LogP contribution in [0, 0.1) is 12.7 Å². The molecule has 1 amide bonds. The summed E-state index contributed by atoms with van der Waals surface area (Å²) in [5.74, 6) is 0.158. The van der Waals surface area contributed by atoms with Gasteiger partial charge in [0.15, 0.2) is 0 Å². The van der Waals surface area contributed by atoms with Crippen molar-refractivity contribution >= 4 is 16.1 Å². The summed E-state index contributed by atoms with van der Waals surface area (Å²) in [6.45, 7) is 11.4. The Morgan fingerprint density at radius 1 is 1.14 bits per heavy atom. The number of hydrogen-bond donors (Lipinski definition) is 0. The maximum Gasteiger partial charge on any atom is 0.410 e. The Bertz CT molecular complexity index is 1200. The van der Waals surface area contributed by atoms with Gasteiger partial charge in [-0.3, -0.25) is 4.90 Å². The van der Waals surface area contributed by atoms with E-state index in [1.807, 2.05) is 33.8 Å². The third-order valence-corrected chi connectivity index (χ3v) is 8.04. The summed E-state index contributed by atoms with van der Waals surface area (Å²) in [5, 5.41) is 0. The third-order valence-electron chi connectivity index (χ3n) is 6.21. The molecule has 1 fully saturated rings. The predicted molar refractivity (Wildman–Crippen MR) is 141 cm³/mol. The number of benzene rings is 2. The summed E-state index contributed by atoms with van der Waals surface area (Å²) < 4.78 is 52.2. The molecule has 1 heterocycles. The number of carbonyl (C=O) groups is 1. The first-order valence-electron chi connectivity index (χ1n) is 12.3. The van der Waals surface area contributed by atoms with Gasteiger partial charge in [0.2, 0.25) is 10.0 Å². The number of carbonyl (C=O) groups excluding carboxylic acids is 1. The van der Waals surface area contributed by atoms with Crippen molar-refractivity contribution in [2.45, 2.75) is 57.3 Å². The van der Waals surface area contributed by atoms with E-state index < -0.39 is 21.7 Å². The molecular formula is C27H38FN3O5S. The fourth-order valence-electron chi connectivity index (χ4n) is 4.11. The number of rotatable bonds is 7. The fourth-order valence-corrected chi connectivity index (χ4v) is 5.01. The molecule has 0 N–H and O–H groups in total. The summed E-state index contributed by atoms with van der Waals surface area (Å²) in [5.41, 5.74) is 0.653. The summed E-state index contributed by atoms with van der Waals surface area (Å²) in [6.07, 6.45) is -0.840. The molecule has 1 aliphatic heterocycles. The Morgan fingerprint density at radius 3 is 2.32 bits per heavy atom. The number of ether oxygens (including phenoxy) is 2. The molecule has 2 aromatic carbocycles. The molecule has 1 aliphatic rings. The second-order valence-electron chi connectivity index (χ2n) is 10.7. The Labute approximate surface area is 220 Å². The van der Waals surface area contributed by atoms with E-state index in [4.69, 9.17) is 9.47 Å². The monoisotopic (exact) mass is 535 g/mol. The topological polar surface area (TPSA) is 79.4 Å². The van der Waals surface area contributed by atoms with Gasteiger partial charge in [-0.15, -0.1) is 0 Å². The van der Waals surface area contributed by atoms with E-state index in [2.05, 4.69) is 4.90 Å². The largest absolute Gasteiger partial charge is 0.484 e. The van der Waals surface area contributed by atoms with Crippen molar-refractivity contribution in [1.82, 2.24) is 14.1 Å². The van der Waals surface area contributed by atoms with Crippen LogP contribution in [0.4, 0.5) is 9.18 Å². The first kappa shape index (κ1) is 28.9. The lowest BCUT2D eigenvalue weighted by Crippen LogP contribution is -2.55. The summed E-state index contributed by atoms with van der Waals surface area (Å²) in [4.78, 5) is 16.7. The van der Waals surface area contributed by atoms with Crippen LogP contribution in [-0.4, -0.2) is 80.5 Å². The van der Waals surface area contributed by atoms with Crippen molar-refractivity contribution in [3.63, 3.8) is 0 Å². The summed E-state index contributed by atoms with van der Waals surface area (Å²) in [7, 11) is -0.605. The Kier molecular flexibility index (Phi) is 8.87.